The maximum absolute atomic E-state index is 5.14. The molecule has 9 rings (SSSR count). The third-order valence-electron chi connectivity index (χ3n) is 9.52. The Labute approximate surface area is 290 Å². The summed E-state index contributed by atoms with van der Waals surface area (Å²) < 4.78 is 0. The van der Waals surface area contributed by atoms with E-state index in [4.69, 9.17) is 15.0 Å². The van der Waals surface area contributed by atoms with Gasteiger partial charge in [-0.05, 0) is 48.6 Å². The lowest BCUT2D eigenvalue weighted by atomic mass is 9.93. The molecule has 0 aliphatic rings. The first-order valence-electron chi connectivity index (χ1n) is 16.9. The maximum atomic E-state index is 5.14. The number of para-hydroxylation sites is 1. The normalized spacial score (nSPS) is 11.4. The topological polar surface area (TPSA) is 51.6 Å². The summed E-state index contributed by atoms with van der Waals surface area (Å²) in [5.41, 5.74) is 13.4. The van der Waals surface area contributed by atoms with Crippen LogP contribution in [0.25, 0.3) is 88.7 Å². The molecule has 6 aromatic carbocycles. The highest BCUT2D eigenvalue weighted by atomic mass is 14.9. The molecule has 236 valence electrons. The molecular weight excluding hydrogens is 609 g/mol. The Hall–Kier alpha value is -6.52. The van der Waals surface area contributed by atoms with Crippen LogP contribution in [0.5, 0.6) is 0 Å². The molecule has 0 N–H and O–H groups in total. The molecule has 0 radical (unpaired) electrons. The van der Waals surface area contributed by atoms with Crippen LogP contribution in [0.15, 0.2) is 158 Å². The molecule has 0 saturated carbocycles. The van der Waals surface area contributed by atoms with Gasteiger partial charge < -0.3 is 0 Å². The summed E-state index contributed by atoms with van der Waals surface area (Å²) >= 11 is 0. The molecule has 0 unspecified atom stereocenters. The molecule has 0 saturated heterocycles. The van der Waals surface area contributed by atoms with Gasteiger partial charge in [-0.3, -0.25) is 4.98 Å². The first-order valence-corrected chi connectivity index (χ1v) is 16.9. The summed E-state index contributed by atoms with van der Waals surface area (Å²) in [5, 5.41) is 4.63. The maximum Gasteiger partial charge on any atom is 0.160 e. The summed E-state index contributed by atoms with van der Waals surface area (Å²) in [5.74, 6) is 0.689. The van der Waals surface area contributed by atoms with Crippen molar-refractivity contribution < 1.29 is 0 Å². The van der Waals surface area contributed by atoms with Crippen LogP contribution in [0.3, 0.4) is 0 Å². The van der Waals surface area contributed by atoms with Crippen molar-refractivity contribution in [1.29, 1.82) is 0 Å². The van der Waals surface area contributed by atoms with Crippen molar-refractivity contribution in [2.75, 3.05) is 0 Å². The lowest BCUT2D eigenvalue weighted by Gasteiger charge is -2.14. The number of rotatable bonds is 5. The molecule has 50 heavy (non-hydrogen) atoms. The smallest absolute Gasteiger partial charge is 0.160 e. The van der Waals surface area contributed by atoms with Crippen LogP contribution in [0, 0.1) is 13.8 Å². The predicted molar refractivity (Wildman–Crippen MR) is 207 cm³/mol. The van der Waals surface area contributed by atoms with Crippen LogP contribution < -0.4 is 0 Å². The fraction of sp³-hybridized carbons (Fsp3) is 0.0435. The number of hydrogen-bond donors (Lipinski definition) is 0. The molecule has 3 heterocycles. The molecule has 0 fully saturated rings. The molecule has 0 bridgehead atoms. The second-order valence-corrected chi connectivity index (χ2v) is 12.8. The summed E-state index contributed by atoms with van der Waals surface area (Å²) in [6.45, 7) is 4.08. The minimum absolute atomic E-state index is 0.689. The van der Waals surface area contributed by atoms with Gasteiger partial charge in [0.2, 0.25) is 0 Å². The van der Waals surface area contributed by atoms with Crippen molar-refractivity contribution in [2.24, 2.45) is 0 Å². The van der Waals surface area contributed by atoms with Crippen molar-refractivity contribution in [3.05, 3.63) is 169 Å². The molecule has 3 aromatic heterocycles. The highest BCUT2D eigenvalue weighted by molar-refractivity contribution is 6.16. The Kier molecular flexibility index (Phi) is 7.21. The van der Waals surface area contributed by atoms with Crippen LogP contribution >= 0.6 is 0 Å². The van der Waals surface area contributed by atoms with Gasteiger partial charge in [-0.2, -0.15) is 0 Å². The van der Waals surface area contributed by atoms with E-state index in [1.165, 1.54) is 10.9 Å². The third-order valence-corrected chi connectivity index (χ3v) is 9.52. The SMILES string of the molecule is Cc1ccc(-c2ccc(-c3nc(-c4ccccc4)cc(-c4ccc(-c5c6ccccc6nc6c5ccc5ccccc56)cc4)n3)cc2)c(C)n1. The van der Waals surface area contributed by atoms with Gasteiger partial charge in [0.25, 0.3) is 0 Å². The fourth-order valence-corrected chi connectivity index (χ4v) is 7.02. The van der Waals surface area contributed by atoms with E-state index >= 15 is 0 Å². The number of nitrogens with zero attached hydrogens (tertiary/aromatic N) is 4. The first-order chi connectivity index (χ1) is 24.6. The van der Waals surface area contributed by atoms with Gasteiger partial charge >= 0.3 is 0 Å². The van der Waals surface area contributed by atoms with Crippen molar-refractivity contribution in [1.82, 2.24) is 19.9 Å². The summed E-state index contributed by atoms with van der Waals surface area (Å²) in [4.78, 5) is 20.0. The highest BCUT2D eigenvalue weighted by Crippen LogP contribution is 2.38. The zero-order valence-electron chi connectivity index (χ0n) is 27.8. The van der Waals surface area contributed by atoms with Gasteiger partial charge in [-0.25, -0.2) is 15.0 Å². The number of pyridine rings is 2. The monoisotopic (exact) mass is 640 g/mol. The number of aromatic nitrogens is 4. The molecule has 0 amide bonds. The Morgan fingerprint density at radius 2 is 1.02 bits per heavy atom. The van der Waals surface area contributed by atoms with Gasteiger partial charge in [0.05, 0.1) is 22.4 Å². The molecule has 4 nitrogen and oxygen atoms in total. The summed E-state index contributed by atoms with van der Waals surface area (Å²) in [7, 11) is 0. The molecule has 0 spiro atoms. The Morgan fingerprint density at radius 1 is 0.400 bits per heavy atom. The second-order valence-electron chi connectivity index (χ2n) is 12.8. The average Bonchev–Trinajstić information content (AvgIpc) is 3.17. The minimum Gasteiger partial charge on any atom is -0.258 e. The Balaban J connectivity index is 1.15. The van der Waals surface area contributed by atoms with Gasteiger partial charge in [-0.15, -0.1) is 0 Å². The van der Waals surface area contributed by atoms with Crippen LogP contribution in [0.2, 0.25) is 0 Å². The van der Waals surface area contributed by atoms with E-state index in [0.717, 1.165) is 83.3 Å². The van der Waals surface area contributed by atoms with Crippen molar-refractivity contribution in [2.45, 2.75) is 13.8 Å². The van der Waals surface area contributed by atoms with Crippen LogP contribution in [-0.4, -0.2) is 19.9 Å². The van der Waals surface area contributed by atoms with Crippen molar-refractivity contribution >= 4 is 32.6 Å². The van der Waals surface area contributed by atoms with E-state index in [-0.39, 0.29) is 0 Å². The quantitative estimate of drug-likeness (QED) is 0.139. The Morgan fingerprint density at radius 3 is 1.78 bits per heavy atom. The van der Waals surface area contributed by atoms with Gasteiger partial charge in [0.1, 0.15) is 0 Å². The van der Waals surface area contributed by atoms with Gasteiger partial charge in [0, 0.05) is 55.4 Å². The highest BCUT2D eigenvalue weighted by Gasteiger charge is 2.15. The fourth-order valence-electron chi connectivity index (χ4n) is 7.02. The molecule has 0 atom stereocenters. The lowest BCUT2D eigenvalue weighted by molar-refractivity contribution is 1.13. The van der Waals surface area contributed by atoms with Gasteiger partial charge in [0.15, 0.2) is 5.82 Å². The summed E-state index contributed by atoms with van der Waals surface area (Å²) in [6, 6.07) is 55.2. The zero-order chi connectivity index (χ0) is 33.6. The van der Waals surface area contributed by atoms with Crippen molar-refractivity contribution in [3.8, 4) is 56.2 Å². The summed E-state index contributed by atoms with van der Waals surface area (Å²) in [6.07, 6.45) is 0. The third kappa shape index (κ3) is 5.28. The number of hydrogen-bond acceptors (Lipinski definition) is 4. The van der Waals surface area contributed by atoms with Crippen molar-refractivity contribution in [3.63, 3.8) is 0 Å². The predicted octanol–water partition coefficient (Wildman–Crippen LogP) is 11.7. The molecule has 0 aliphatic carbocycles. The second kappa shape index (κ2) is 12.2. The average molecular weight is 641 g/mol. The molecule has 0 aliphatic heterocycles. The number of benzene rings is 6. The number of aryl methyl sites for hydroxylation is 2. The minimum atomic E-state index is 0.689. The molecule has 9 aromatic rings. The standard InChI is InChI=1S/C46H32N4/c1-29-16-26-37(30(2)47-29)32-17-23-36(24-18-32)46-49-42(33-11-4-3-5-12-33)28-43(50-46)34-19-21-35(22-20-34)44-39-14-8-9-15-41(39)48-45-38-13-7-6-10-31(38)25-27-40(44)45/h3-28H,1-2H3. The van der Waals surface area contributed by atoms with Gasteiger partial charge in [-0.1, -0.05) is 140 Å². The van der Waals surface area contributed by atoms with Crippen LogP contribution in [0.1, 0.15) is 11.4 Å². The van der Waals surface area contributed by atoms with E-state index in [1.54, 1.807) is 0 Å². The lowest BCUT2D eigenvalue weighted by Crippen LogP contribution is -1.96. The number of fused-ring (bicyclic) bond motifs is 4. The molecule has 4 heteroatoms. The zero-order valence-corrected chi connectivity index (χ0v) is 27.8. The van der Waals surface area contributed by atoms with E-state index in [0.29, 0.717) is 5.82 Å². The molecular formula is C46H32N4. The first kappa shape index (κ1) is 29.6. The van der Waals surface area contributed by atoms with E-state index in [2.05, 4.69) is 151 Å². The largest absolute Gasteiger partial charge is 0.258 e. The van der Waals surface area contributed by atoms with E-state index in [1.807, 2.05) is 25.1 Å². The van der Waals surface area contributed by atoms with Crippen LogP contribution in [0.4, 0.5) is 0 Å². The van der Waals surface area contributed by atoms with E-state index in [9.17, 15) is 0 Å². The van der Waals surface area contributed by atoms with E-state index < -0.39 is 0 Å². The van der Waals surface area contributed by atoms with Crippen LogP contribution in [-0.2, 0) is 0 Å². The Bertz CT molecular complexity index is 2700.